The minimum absolute atomic E-state index is 0.00553. The third-order valence-electron chi connectivity index (χ3n) is 5.13. The van der Waals surface area contributed by atoms with Gasteiger partial charge in [-0.3, -0.25) is 14.4 Å². The van der Waals surface area contributed by atoms with Gasteiger partial charge in [0.1, 0.15) is 11.9 Å². The highest BCUT2D eigenvalue weighted by molar-refractivity contribution is 7.10. The van der Waals surface area contributed by atoms with E-state index in [0.717, 1.165) is 35.2 Å². The zero-order valence-corrected chi connectivity index (χ0v) is 15.8. The van der Waals surface area contributed by atoms with Crippen LogP contribution in [-0.4, -0.2) is 33.7 Å². The maximum Gasteiger partial charge on any atom is 0.216 e. The number of benzene rings is 1. The van der Waals surface area contributed by atoms with Gasteiger partial charge in [0.25, 0.3) is 0 Å². The van der Waals surface area contributed by atoms with Crippen LogP contribution in [0.4, 0.5) is 5.95 Å². The Morgan fingerprint density at radius 3 is 2.96 bits per heavy atom. The number of para-hydroxylation sites is 2. The summed E-state index contributed by atoms with van der Waals surface area (Å²) in [6, 6.07) is 16.4. The first-order valence-corrected chi connectivity index (χ1v) is 10.1. The molecule has 0 amide bonds. The molecule has 0 saturated heterocycles. The fraction of sp³-hybridized carbons (Fsp3) is 0.200. The summed E-state index contributed by atoms with van der Waals surface area (Å²) in [5, 5.41) is 5.74. The predicted octanol–water partition coefficient (Wildman–Crippen LogP) is 3.43. The van der Waals surface area contributed by atoms with Crippen molar-refractivity contribution in [3.8, 4) is 0 Å². The Bertz CT molecular complexity index is 1150. The Kier molecular flexibility index (Phi) is 3.53. The first kappa shape index (κ1) is 15.9. The van der Waals surface area contributed by atoms with Crippen molar-refractivity contribution in [3.63, 3.8) is 0 Å². The average molecular weight is 390 g/mol. The lowest BCUT2D eigenvalue weighted by Crippen LogP contribution is -2.57. The van der Waals surface area contributed by atoms with Crippen LogP contribution in [-0.2, 0) is 6.54 Å². The largest absolute Gasteiger partial charge is 0.468 e. The van der Waals surface area contributed by atoms with Crippen molar-refractivity contribution < 1.29 is 4.42 Å². The van der Waals surface area contributed by atoms with Crippen LogP contribution in [0.25, 0.3) is 11.0 Å². The van der Waals surface area contributed by atoms with Gasteiger partial charge in [0.2, 0.25) is 11.9 Å². The van der Waals surface area contributed by atoms with Crippen molar-refractivity contribution in [2.24, 2.45) is 4.99 Å². The van der Waals surface area contributed by atoms with E-state index in [1.54, 1.807) is 17.6 Å². The second-order valence-corrected chi connectivity index (χ2v) is 7.91. The standard InChI is InChI=1S/C20H18N6OS/c1-2-7-16-15(6-1)22-20-25-13-24(11-14-5-3-9-27-14)12-21-19(25)23-18(26(16)20)17-8-4-10-28-17/h1-10,18H,11-13H2,(H,21,23). The van der Waals surface area contributed by atoms with Crippen LogP contribution in [0.15, 0.2) is 69.6 Å². The smallest absolute Gasteiger partial charge is 0.216 e. The molecule has 0 radical (unpaired) electrons. The predicted molar refractivity (Wildman–Crippen MR) is 109 cm³/mol. The number of hydrogen-bond acceptors (Lipinski definition) is 7. The normalized spacial score (nSPS) is 19.2. The van der Waals surface area contributed by atoms with Crippen LogP contribution in [0, 0.1) is 0 Å². The van der Waals surface area contributed by atoms with E-state index in [4.69, 9.17) is 14.4 Å². The van der Waals surface area contributed by atoms with Gasteiger partial charge in [0.05, 0.1) is 37.2 Å². The molecule has 140 valence electrons. The first-order valence-electron chi connectivity index (χ1n) is 9.20. The molecule has 0 saturated carbocycles. The van der Waals surface area contributed by atoms with Crippen molar-refractivity contribution in [2.45, 2.75) is 12.7 Å². The molecule has 1 unspecified atom stereocenters. The molecule has 4 aromatic rings. The number of imidazole rings is 1. The fourth-order valence-corrected chi connectivity index (χ4v) is 4.64. The molecule has 1 N–H and O–H groups in total. The van der Waals surface area contributed by atoms with Gasteiger partial charge in [-0.25, -0.2) is 9.98 Å². The molecule has 28 heavy (non-hydrogen) atoms. The quantitative estimate of drug-likeness (QED) is 0.581. The lowest BCUT2D eigenvalue weighted by molar-refractivity contribution is 0.243. The third-order valence-corrected chi connectivity index (χ3v) is 6.06. The summed E-state index contributed by atoms with van der Waals surface area (Å²) < 4.78 is 7.79. The van der Waals surface area contributed by atoms with Crippen LogP contribution in [0.3, 0.4) is 0 Å². The van der Waals surface area contributed by atoms with Crippen molar-refractivity contribution in [2.75, 3.05) is 18.2 Å². The number of aliphatic imine (C=N–C) groups is 1. The summed E-state index contributed by atoms with van der Waals surface area (Å²) in [6.45, 7) is 2.04. The molecule has 7 nitrogen and oxygen atoms in total. The molecule has 0 aliphatic carbocycles. The van der Waals surface area contributed by atoms with Gasteiger partial charge in [0.15, 0.2) is 0 Å². The number of fused-ring (bicyclic) bond motifs is 5. The van der Waals surface area contributed by atoms with E-state index in [2.05, 4.69) is 55.4 Å². The van der Waals surface area contributed by atoms with Crippen LogP contribution in [0.2, 0.25) is 0 Å². The van der Waals surface area contributed by atoms with Gasteiger partial charge in [-0.15, -0.1) is 11.3 Å². The maximum atomic E-state index is 5.51. The third kappa shape index (κ3) is 2.45. The number of nitrogens with zero attached hydrogens (tertiary/aromatic N) is 5. The van der Waals surface area contributed by atoms with E-state index in [9.17, 15) is 0 Å². The number of guanidine groups is 1. The first-order chi connectivity index (χ1) is 13.9. The number of rotatable bonds is 3. The van der Waals surface area contributed by atoms with Gasteiger partial charge in [-0.2, -0.15) is 0 Å². The molecular formula is C20H18N6OS. The number of aromatic nitrogens is 2. The number of thiophene rings is 1. The van der Waals surface area contributed by atoms with E-state index in [0.29, 0.717) is 13.3 Å². The van der Waals surface area contributed by atoms with Crippen molar-refractivity contribution >= 4 is 34.3 Å². The second kappa shape index (κ2) is 6.22. The van der Waals surface area contributed by atoms with E-state index >= 15 is 0 Å². The van der Waals surface area contributed by atoms with Crippen LogP contribution in [0.5, 0.6) is 0 Å². The minimum Gasteiger partial charge on any atom is -0.468 e. The van der Waals surface area contributed by atoms with E-state index < -0.39 is 0 Å². The highest BCUT2D eigenvalue weighted by atomic mass is 32.1. The van der Waals surface area contributed by atoms with Crippen molar-refractivity contribution in [1.29, 1.82) is 0 Å². The molecule has 0 bridgehead atoms. The minimum atomic E-state index is -0.00553. The monoisotopic (exact) mass is 390 g/mol. The summed E-state index contributed by atoms with van der Waals surface area (Å²) in [5.41, 5.74) is 2.11. The molecular weight excluding hydrogens is 372 g/mol. The van der Waals surface area contributed by atoms with Gasteiger partial charge in [-0.1, -0.05) is 18.2 Å². The molecule has 1 atom stereocenters. The molecule has 5 heterocycles. The molecule has 2 aliphatic rings. The van der Waals surface area contributed by atoms with Crippen LogP contribution < -0.4 is 10.2 Å². The lowest BCUT2D eigenvalue weighted by Gasteiger charge is -2.41. The Morgan fingerprint density at radius 2 is 2.11 bits per heavy atom. The average Bonchev–Trinajstić information content (AvgIpc) is 3.48. The number of anilines is 1. The summed E-state index contributed by atoms with van der Waals surface area (Å²) in [7, 11) is 0. The Balaban J connectivity index is 1.44. The number of furan rings is 1. The van der Waals surface area contributed by atoms with Crippen LogP contribution in [0.1, 0.15) is 16.8 Å². The molecule has 1 aromatic carbocycles. The number of nitrogens with one attached hydrogen (secondary N) is 1. The molecule has 0 fully saturated rings. The van der Waals surface area contributed by atoms with Gasteiger partial charge < -0.3 is 9.73 Å². The van der Waals surface area contributed by atoms with Crippen molar-refractivity contribution in [1.82, 2.24) is 19.8 Å². The summed E-state index contributed by atoms with van der Waals surface area (Å²) in [5.74, 6) is 2.73. The molecule has 0 spiro atoms. The lowest BCUT2D eigenvalue weighted by atomic mass is 10.3. The Morgan fingerprint density at radius 1 is 1.14 bits per heavy atom. The van der Waals surface area contributed by atoms with E-state index in [1.807, 2.05) is 18.2 Å². The topological polar surface area (TPSA) is 61.8 Å². The summed E-state index contributed by atoms with van der Waals surface area (Å²) in [6.07, 6.45) is 1.70. The van der Waals surface area contributed by atoms with Gasteiger partial charge >= 0.3 is 0 Å². The highest BCUT2D eigenvalue weighted by Crippen LogP contribution is 2.35. The Labute approximate surface area is 165 Å². The Hall–Kier alpha value is -3.10. The SMILES string of the molecule is c1coc(CN2CN=C3NC(c4cccs4)n4c(nc5ccccc54)N3C2)c1. The van der Waals surface area contributed by atoms with E-state index in [-0.39, 0.29) is 6.17 Å². The fourth-order valence-electron chi connectivity index (χ4n) is 3.88. The van der Waals surface area contributed by atoms with Gasteiger partial charge in [-0.05, 0) is 35.7 Å². The van der Waals surface area contributed by atoms with E-state index in [1.165, 1.54) is 4.88 Å². The molecule has 6 rings (SSSR count). The molecule has 2 aliphatic heterocycles. The van der Waals surface area contributed by atoms with Crippen LogP contribution >= 0.6 is 11.3 Å². The maximum absolute atomic E-state index is 5.51. The summed E-state index contributed by atoms with van der Waals surface area (Å²) >= 11 is 1.74. The second-order valence-electron chi connectivity index (χ2n) is 6.93. The summed E-state index contributed by atoms with van der Waals surface area (Å²) in [4.78, 5) is 15.4. The molecule has 3 aromatic heterocycles. The molecule has 8 heteroatoms. The highest BCUT2D eigenvalue weighted by Gasteiger charge is 2.36. The zero-order chi connectivity index (χ0) is 18.5. The van der Waals surface area contributed by atoms with Crippen molar-refractivity contribution in [3.05, 3.63) is 70.8 Å². The van der Waals surface area contributed by atoms with Gasteiger partial charge in [0, 0.05) is 4.88 Å². The zero-order valence-electron chi connectivity index (χ0n) is 15.0. The number of hydrogen-bond donors (Lipinski definition) is 1.